The molecule has 0 fully saturated rings. The maximum absolute atomic E-state index is 5.94. The quantitative estimate of drug-likeness (QED) is 0.818. The molecule has 0 bridgehead atoms. The first-order chi connectivity index (χ1) is 9.19. The third-order valence-electron chi connectivity index (χ3n) is 2.96. The zero-order chi connectivity index (χ0) is 13.7. The molecular weight excluding hydrogens is 258 g/mol. The number of halogens is 1. The highest BCUT2D eigenvalue weighted by molar-refractivity contribution is 6.30. The Morgan fingerprint density at radius 1 is 1.11 bits per heavy atom. The largest absolute Gasteiger partial charge is 0.489 e. The minimum atomic E-state index is 0.430. The zero-order valence-corrected chi connectivity index (χ0v) is 11.8. The Hall–Kier alpha value is -1.67. The molecular formula is C16H18ClNO. The zero-order valence-electron chi connectivity index (χ0n) is 11.0. The Bertz CT molecular complexity index is 537. The molecule has 2 aromatic carbocycles. The average molecular weight is 276 g/mol. The van der Waals surface area contributed by atoms with Gasteiger partial charge in [-0.05, 0) is 42.3 Å². The van der Waals surface area contributed by atoms with Crippen LogP contribution in [-0.4, -0.2) is 0 Å². The normalized spacial score (nSPS) is 10.4. The van der Waals surface area contributed by atoms with Crippen molar-refractivity contribution >= 4 is 17.3 Å². The van der Waals surface area contributed by atoms with Crippen molar-refractivity contribution in [2.75, 3.05) is 5.73 Å². The molecule has 2 rings (SSSR count). The Balaban J connectivity index is 2.00. The van der Waals surface area contributed by atoms with Gasteiger partial charge < -0.3 is 10.5 Å². The molecule has 19 heavy (non-hydrogen) atoms. The molecule has 0 unspecified atom stereocenters. The number of rotatable bonds is 5. The summed E-state index contributed by atoms with van der Waals surface area (Å²) in [5.41, 5.74) is 8.82. The molecule has 0 aromatic heterocycles. The smallest absolute Gasteiger partial charge is 0.119 e. The summed E-state index contributed by atoms with van der Waals surface area (Å²) < 4.78 is 5.72. The first kappa shape index (κ1) is 13.8. The summed E-state index contributed by atoms with van der Waals surface area (Å²) in [7, 11) is 0. The SMILES string of the molecule is CCCc1ccc(OCc2cc(Cl)ccc2N)cc1. The van der Waals surface area contributed by atoms with Crippen LogP contribution >= 0.6 is 11.6 Å². The molecule has 0 heterocycles. The number of anilines is 1. The molecule has 0 spiro atoms. The van der Waals surface area contributed by atoms with Crippen LogP contribution in [0.4, 0.5) is 5.69 Å². The Kier molecular flexibility index (Phi) is 4.69. The number of nitrogens with two attached hydrogens (primary N) is 1. The lowest BCUT2D eigenvalue weighted by Gasteiger charge is -2.09. The van der Waals surface area contributed by atoms with Crippen molar-refractivity contribution in [1.29, 1.82) is 0 Å². The third kappa shape index (κ3) is 3.90. The maximum Gasteiger partial charge on any atom is 0.119 e. The summed E-state index contributed by atoms with van der Waals surface area (Å²) in [5.74, 6) is 0.847. The van der Waals surface area contributed by atoms with Gasteiger partial charge in [-0.15, -0.1) is 0 Å². The molecule has 0 saturated heterocycles. The van der Waals surface area contributed by atoms with Gasteiger partial charge in [0.25, 0.3) is 0 Å². The number of benzene rings is 2. The van der Waals surface area contributed by atoms with E-state index in [4.69, 9.17) is 22.1 Å². The lowest BCUT2D eigenvalue weighted by Crippen LogP contribution is -2.00. The standard InChI is InChI=1S/C16H18ClNO/c1-2-3-12-4-7-15(8-5-12)19-11-13-10-14(17)6-9-16(13)18/h4-10H,2-3,11,18H2,1H3. The number of nitrogen functional groups attached to an aromatic ring is 1. The maximum atomic E-state index is 5.94. The molecule has 0 aliphatic heterocycles. The number of hydrogen-bond donors (Lipinski definition) is 1. The Morgan fingerprint density at radius 2 is 1.84 bits per heavy atom. The lowest BCUT2D eigenvalue weighted by atomic mass is 10.1. The van der Waals surface area contributed by atoms with Crippen molar-refractivity contribution < 1.29 is 4.74 Å². The van der Waals surface area contributed by atoms with Gasteiger partial charge in [-0.1, -0.05) is 37.1 Å². The molecule has 2 aromatic rings. The van der Waals surface area contributed by atoms with Crippen LogP contribution in [0, 0.1) is 0 Å². The molecule has 0 aliphatic carbocycles. The van der Waals surface area contributed by atoms with Crippen LogP contribution in [0.3, 0.4) is 0 Å². The van der Waals surface area contributed by atoms with Crippen molar-refractivity contribution in [3.8, 4) is 5.75 Å². The van der Waals surface area contributed by atoms with E-state index in [1.165, 1.54) is 5.56 Å². The first-order valence-corrected chi connectivity index (χ1v) is 6.82. The fourth-order valence-electron chi connectivity index (χ4n) is 1.90. The number of hydrogen-bond acceptors (Lipinski definition) is 2. The van der Waals surface area contributed by atoms with E-state index < -0.39 is 0 Å². The van der Waals surface area contributed by atoms with Crippen molar-refractivity contribution in [3.63, 3.8) is 0 Å². The molecule has 2 N–H and O–H groups in total. The summed E-state index contributed by atoms with van der Waals surface area (Å²) in [6.07, 6.45) is 2.25. The second-order valence-corrected chi connectivity index (χ2v) is 4.96. The van der Waals surface area contributed by atoms with Crippen molar-refractivity contribution in [1.82, 2.24) is 0 Å². The van der Waals surface area contributed by atoms with Crippen LogP contribution in [0.2, 0.25) is 5.02 Å². The van der Waals surface area contributed by atoms with Gasteiger partial charge in [-0.25, -0.2) is 0 Å². The van der Waals surface area contributed by atoms with Gasteiger partial charge in [0.05, 0.1) is 0 Å². The monoisotopic (exact) mass is 275 g/mol. The minimum Gasteiger partial charge on any atom is -0.489 e. The topological polar surface area (TPSA) is 35.2 Å². The van der Waals surface area contributed by atoms with Crippen LogP contribution in [0.15, 0.2) is 42.5 Å². The van der Waals surface area contributed by atoms with Gasteiger partial charge in [-0.2, -0.15) is 0 Å². The number of ether oxygens (including phenoxy) is 1. The summed E-state index contributed by atoms with van der Waals surface area (Å²) in [6.45, 7) is 2.60. The fourth-order valence-corrected chi connectivity index (χ4v) is 2.10. The van der Waals surface area contributed by atoms with Gasteiger partial charge in [0.1, 0.15) is 12.4 Å². The summed E-state index contributed by atoms with van der Waals surface area (Å²) in [6, 6.07) is 13.6. The molecule has 0 aliphatic rings. The van der Waals surface area contributed by atoms with Crippen LogP contribution in [0.25, 0.3) is 0 Å². The summed E-state index contributed by atoms with van der Waals surface area (Å²) in [4.78, 5) is 0. The average Bonchev–Trinajstić information content (AvgIpc) is 2.42. The van der Waals surface area contributed by atoms with E-state index in [0.29, 0.717) is 17.3 Å². The van der Waals surface area contributed by atoms with Crippen molar-refractivity contribution in [3.05, 3.63) is 58.6 Å². The van der Waals surface area contributed by atoms with Gasteiger partial charge >= 0.3 is 0 Å². The van der Waals surface area contributed by atoms with Gasteiger partial charge in [-0.3, -0.25) is 0 Å². The van der Waals surface area contributed by atoms with Gasteiger partial charge in [0.15, 0.2) is 0 Å². The highest BCUT2D eigenvalue weighted by atomic mass is 35.5. The van der Waals surface area contributed by atoms with E-state index in [9.17, 15) is 0 Å². The van der Waals surface area contributed by atoms with Crippen molar-refractivity contribution in [2.24, 2.45) is 0 Å². The number of aryl methyl sites for hydroxylation is 1. The van der Waals surface area contributed by atoms with Crippen LogP contribution < -0.4 is 10.5 Å². The van der Waals surface area contributed by atoms with E-state index in [0.717, 1.165) is 24.2 Å². The molecule has 100 valence electrons. The minimum absolute atomic E-state index is 0.430. The first-order valence-electron chi connectivity index (χ1n) is 6.44. The Morgan fingerprint density at radius 3 is 2.53 bits per heavy atom. The van der Waals surface area contributed by atoms with Crippen LogP contribution in [0.1, 0.15) is 24.5 Å². The second-order valence-electron chi connectivity index (χ2n) is 4.53. The van der Waals surface area contributed by atoms with E-state index in [1.54, 1.807) is 12.1 Å². The second kappa shape index (κ2) is 6.48. The predicted molar refractivity (Wildman–Crippen MR) is 80.6 cm³/mol. The van der Waals surface area contributed by atoms with E-state index in [1.807, 2.05) is 18.2 Å². The molecule has 2 nitrogen and oxygen atoms in total. The highest BCUT2D eigenvalue weighted by Crippen LogP contribution is 2.20. The van der Waals surface area contributed by atoms with Crippen molar-refractivity contribution in [2.45, 2.75) is 26.4 Å². The molecule has 0 saturated carbocycles. The Labute approximate surface area is 119 Å². The predicted octanol–water partition coefficient (Wildman–Crippen LogP) is 4.45. The highest BCUT2D eigenvalue weighted by Gasteiger charge is 2.02. The van der Waals surface area contributed by atoms with Crippen LogP contribution in [-0.2, 0) is 13.0 Å². The van der Waals surface area contributed by atoms with Crippen LogP contribution in [0.5, 0.6) is 5.75 Å². The van der Waals surface area contributed by atoms with E-state index >= 15 is 0 Å². The lowest BCUT2D eigenvalue weighted by molar-refractivity contribution is 0.307. The molecule has 0 atom stereocenters. The third-order valence-corrected chi connectivity index (χ3v) is 3.20. The molecule has 3 heteroatoms. The molecule has 0 amide bonds. The summed E-state index contributed by atoms with van der Waals surface area (Å²) >= 11 is 5.94. The molecule has 0 radical (unpaired) electrons. The van der Waals surface area contributed by atoms with E-state index in [-0.39, 0.29) is 0 Å². The summed E-state index contributed by atoms with van der Waals surface area (Å²) in [5, 5.41) is 0.672. The fraction of sp³-hybridized carbons (Fsp3) is 0.250. The van der Waals surface area contributed by atoms with E-state index in [2.05, 4.69) is 19.1 Å². The van der Waals surface area contributed by atoms with Gasteiger partial charge in [0.2, 0.25) is 0 Å². The van der Waals surface area contributed by atoms with Gasteiger partial charge in [0, 0.05) is 16.3 Å².